The van der Waals surface area contributed by atoms with Gasteiger partial charge in [0.1, 0.15) is 10.3 Å². The van der Waals surface area contributed by atoms with Crippen LogP contribution in [0.2, 0.25) is 0 Å². The Morgan fingerprint density at radius 2 is 2.33 bits per heavy atom. The van der Waals surface area contributed by atoms with E-state index in [0.717, 1.165) is 11.4 Å². The van der Waals surface area contributed by atoms with E-state index in [-0.39, 0.29) is 4.49 Å². The molecule has 0 atom stereocenters. The lowest BCUT2D eigenvalue weighted by molar-refractivity contribution is 1.28. The summed E-state index contributed by atoms with van der Waals surface area (Å²) in [6.07, 6.45) is 3.34. The minimum atomic E-state index is 0.222. The number of halogens is 2. The molecule has 0 aliphatic rings. The highest BCUT2D eigenvalue weighted by Gasteiger charge is 1.97. The summed E-state index contributed by atoms with van der Waals surface area (Å²) in [7, 11) is 1.79. The van der Waals surface area contributed by atoms with Crippen LogP contribution in [-0.4, -0.2) is 12.0 Å². The average Bonchev–Trinajstić information content (AvgIpc) is 2.04. The number of rotatable bonds is 2. The van der Waals surface area contributed by atoms with Crippen molar-refractivity contribution >= 4 is 35.1 Å². The summed E-state index contributed by atoms with van der Waals surface area (Å²) < 4.78 is 0.222. The molecule has 0 aliphatic heterocycles. The fourth-order valence-corrected chi connectivity index (χ4v) is 1.10. The van der Waals surface area contributed by atoms with Gasteiger partial charge in [-0.2, -0.15) is 0 Å². The summed E-state index contributed by atoms with van der Waals surface area (Å²) in [6.45, 7) is 0. The monoisotopic (exact) mass is 202 g/mol. The summed E-state index contributed by atoms with van der Waals surface area (Å²) in [4.78, 5) is 4.08. The Bertz CT molecular complexity index is 293. The molecule has 64 valence electrons. The molecule has 1 aromatic rings. The van der Waals surface area contributed by atoms with Crippen LogP contribution < -0.4 is 5.32 Å². The first-order valence-electron chi connectivity index (χ1n) is 3.39. The summed E-state index contributed by atoms with van der Waals surface area (Å²) in [6, 6.07) is 3.70. The van der Waals surface area contributed by atoms with Crippen molar-refractivity contribution in [2.24, 2.45) is 0 Å². The van der Waals surface area contributed by atoms with Gasteiger partial charge in [-0.25, -0.2) is 4.98 Å². The lowest BCUT2D eigenvalue weighted by Gasteiger charge is -2.01. The van der Waals surface area contributed by atoms with Crippen molar-refractivity contribution in [3.63, 3.8) is 0 Å². The molecule has 12 heavy (non-hydrogen) atoms. The van der Waals surface area contributed by atoms with E-state index in [0.29, 0.717) is 0 Å². The van der Waals surface area contributed by atoms with Crippen LogP contribution in [0.4, 0.5) is 5.82 Å². The fraction of sp³-hybridized carbons (Fsp3) is 0.125. The zero-order valence-corrected chi connectivity index (χ0v) is 8.02. The van der Waals surface area contributed by atoms with Crippen LogP contribution in [0.15, 0.2) is 22.8 Å². The molecule has 0 radical (unpaired) electrons. The molecule has 0 amide bonds. The van der Waals surface area contributed by atoms with Crippen molar-refractivity contribution in [3.8, 4) is 0 Å². The Balaban J connectivity index is 3.05. The molecule has 0 bridgehead atoms. The first kappa shape index (κ1) is 9.36. The zero-order chi connectivity index (χ0) is 8.97. The van der Waals surface area contributed by atoms with Gasteiger partial charge in [-0.05, 0) is 18.2 Å². The average molecular weight is 203 g/mol. The van der Waals surface area contributed by atoms with E-state index >= 15 is 0 Å². The minimum Gasteiger partial charge on any atom is -0.373 e. The van der Waals surface area contributed by atoms with E-state index in [1.165, 1.54) is 0 Å². The highest BCUT2D eigenvalue weighted by atomic mass is 35.5. The van der Waals surface area contributed by atoms with Crippen LogP contribution in [0.5, 0.6) is 0 Å². The molecule has 0 fully saturated rings. The van der Waals surface area contributed by atoms with Crippen molar-refractivity contribution in [1.29, 1.82) is 0 Å². The first-order valence-corrected chi connectivity index (χ1v) is 4.15. The highest BCUT2D eigenvalue weighted by Crippen LogP contribution is 2.18. The van der Waals surface area contributed by atoms with E-state index in [1.54, 1.807) is 19.3 Å². The third-order valence-corrected chi connectivity index (χ3v) is 1.56. The van der Waals surface area contributed by atoms with Gasteiger partial charge in [0.2, 0.25) is 0 Å². The summed E-state index contributed by atoms with van der Waals surface area (Å²) in [5.41, 5.74) is 0.875. The third kappa shape index (κ3) is 2.40. The van der Waals surface area contributed by atoms with Gasteiger partial charge in [-0.3, -0.25) is 0 Å². The van der Waals surface area contributed by atoms with Crippen molar-refractivity contribution in [2.45, 2.75) is 0 Å². The lowest BCUT2D eigenvalue weighted by Crippen LogP contribution is -1.93. The lowest BCUT2D eigenvalue weighted by atomic mass is 10.2. The molecule has 1 N–H and O–H groups in total. The van der Waals surface area contributed by atoms with Gasteiger partial charge >= 0.3 is 0 Å². The van der Waals surface area contributed by atoms with Crippen LogP contribution >= 0.6 is 23.2 Å². The van der Waals surface area contributed by atoms with Crippen LogP contribution in [0.3, 0.4) is 0 Å². The topological polar surface area (TPSA) is 24.9 Å². The highest BCUT2D eigenvalue weighted by molar-refractivity contribution is 6.57. The maximum atomic E-state index is 5.51. The van der Waals surface area contributed by atoms with Crippen molar-refractivity contribution in [2.75, 3.05) is 12.4 Å². The molecule has 0 aliphatic carbocycles. The van der Waals surface area contributed by atoms with Gasteiger partial charge in [-0.1, -0.05) is 23.2 Å². The van der Waals surface area contributed by atoms with E-state index in [9.17, 15) is 0 Å². The molecule has 1 aromatic heterocycles. The normalized spacial score (nSPS) is 9.25. The maximum absolute atomic E-state index is 5.51. The predicted molar refractivity (Wildman–Crippen MR) is 53.5 cm³/mol. The Morgan fingerprint density at radius 3 is 2.92 bits per heavy atom. The Kier molecular flexibility index (Phi) is 3.38. The molecule has 0 saturated heterocycles. The molecule has 1 rings (SSSR count). The van der Waals surface area contributed by atoms with Crippen LogP contribution in [0.25, 0.3) is 6.08 Å². The summed E-state index contributed by atoms with van der Waals surface area (Å²) in [5.74, 6) is 0.760. The predicted octanol–water partition coefficient (Wildman–Crippen LogP) is 2.90. The zero-order valence-electron chi connectivity index (χ0n) is 6.51. The van der Waals surface area contributed by atoms with Crippen LogP contribution in [0, 0.1) is 0 Å². The van der Waals surface area contributed by atoms with Gasteiger partial charge < -0.3 is 5.32 Å². The molecular weight excluding hydrogens is 195 g/mol. The second-order valence-corrected chi connectivity index (χ2v) is 3.13. The number of nitrogens with one attached hydrogen (secondary N) is 1. The fourth-order valence-electron chi connectivity index (χ4n) is 0.861. The number of pyridine rings is 1. The molecular formula is C8H8Cl2N2. The van der Waals surface area contributed by atoms with Crippen molar-refractivity contribution in [3.05, 3.63) is 28.4 Å². The number of hydrogen-bond donors (Lipinski definition) is 1. The maximum Gasteiger partial charge on any atom is 0.133 e. The van der Waals surface area contributed by atoms with E-state index in [2.05, 4.69) is 10.3 Å². The van der Waals surface area contributed by atoms with Gasteiger partial charge in [0, 0.05) is 18.8 Å². The van der Waals surface area contributed by atoms with Gasteiger partial charge in [-0.15, -0.1) is 0 Å². The SMILES string of the molecule is CNc1ncccc1C=C(Cl)Cl. The number of hydrogen-bond acceptors (Lipinski definition) is 2. The molecule has 0 unspecified atom stereocenters. The number of anilines is 1. The van der Waals surface area contributed by atoms with Crippen LogP contribution in [0.1, 0.15) is 5.56 Å². The standard InChI is InChI=1S/C8H8Cl2N2/c1-11-8-6(5-7(9)10)3-2-4-12-8/h2-5H,1H3,(H,11,12). The largest absolute Gasteiger partial charge is 0.373 e. The minimum absolute atomic E-state index is 0.222. The Hall–Kier alpha value is -0.730. The summed E-state index contributed by atoms with van der Waals surface area (Å²) in [5, 5.41) is 2.93. The number of aromatic nitrogens is 1. The molecule has 0 saturated carbocycles. The molecule has 2 nitrogen and oxygen atoms in total. The van der Waals surface area contributed by atoms with Crippen molar-refractivity contribution in [1.82, 2.24) is 4.98 Å². The van der Waals surface area contributed by atoms with Gasteiger partial charge in [0.05, 0.1) is 0 Å². The second kappa shape index (κ2) is 4.33. The van der Waals surface area contributed by atoms with E-state index in [1.807, 2.05) is 12.1 Å². The van der Waals surface area contributed by atoms with E-state index < -0.39 is 0 Å². The Labute approximate surface area is 81.2 Å². The van der Waals surface area contributed by atoms with Crippen LogP contribution in [-0.2, 0) is 0 Å². The van der Waals surface area contributed by atoms with Gasteiger partial charge in [0.15, 0.2) is 0 Å². The molecule has 4 heteroatoms. The number of nitrogens with zero attached hydrogens (tertiary/aromatic N) is 1. The second-order valence-electron chi connectivity index (χ2n) is 2.13. The third-order valence-electron chi connectivity index (χ3n) is 1.34. The van der Waals surface area contributed by atoms with Crippen molar-refractivity contribution < 1.29 is 0 Å². The summed E-state index contributed by atoms with van der Waals surface area (Å²) >= 11 is 11.0. The van der Waals surface area contributed by atoms with Gasteiger partial charge in [0.25, 0.3) is 0 Å². The first-order chi connectivity index (χ1) is 5.74. The Morgan fingerprint density at radius 1 is 1.58 bits per heavy atom. The smallest absolute Gasteiger partial charge is 0.133 e. The molecule has 1 heterocycles. The molecule has 0 aromatic carbocycles. The quantitative estimate of drug-likeness (QED) is 0.799. The molecule has 0 spiro atoms. The van der Waals surface area contributed by atoms with E-state index in [4.69, 9.17) is 23.2 Å².